The number of ether oxygens (including phenoxy) is 1. The van der Waals surface area contributed by atoms with Gasteiger partial charge in [-0.15, -0.1) is 0 Å². The fourth-order valence-electron chi connectivity index (χ4n) is 3.83. The predicted octanol–water partition coefficient (Wildman–Crippen LogP) is 2.53. The zero-order valence-electron chi connectivity index (χ0n) is 19.3. The number of methoxy groups -OCH3 is 1. The summed E-state index contributed by atoms with van der Waals surface area (Å²) in [6.07, 6.45) is 2.63. The van der Waals surface area contributed by atoms with E-state index < -0.39 is 6.04 Å². The van der Waals surface area contributed by atoms with E-state index in [1.165, 1.54) is 0 Å². The third kappa shape index (κ3) is 7.98. The van der Waals surface area contributed by atoms with Crippen molar-refractivity contribution in [2.45, 2.75) is 52.5 Å². The highest BCUT2D eigenvalue weighted by atomic mass is 16.5. The lowest BCUT2D eigenvalue weighted by Crippen LogP contribution is -2.54. The highest BCUT2D eigenvalue weighted by Gasteiger charge is 2.33. The number of hydrogen-bond donors (Lipinski definition) is 2. The minimum absolute atomic E-state index is 0.0140. The van der Waals surface area contributed by atoms with Crippen LogP contribution in [-0.2, 0) is 14.3 Å². The van der Waals surface area contributed by atoms with Crippen molar-refractivity contribution in [3.8, 4) is 0 Å². The molecule has 0 unspecified atom stereocenters. The van der Waals surface area contributed by atoms with Gasteiger partial charge in [-0.2, -0.15) is 0 Å². The number of piperidine rings is 1. The number of hydrogen-bond acceptors (Lipinski definition) is 4. The molecular weight excluding hydrogens is 394 g/mol. The Bertz CT molecular complexity index is 725. The van der Waals surface area contributed by atoms with Crippen molar-refractivity contribution in [2.24, 2.45) is 11.8 Å². The van der Waals surface area contributed by atoms with Crippen LogP contribution in [0, 0.1) is 18.8 Å². The van der Waals surface area contributed by atoms with Gasteiger partial charge in [0, 0.05) is 45.3 Å². The first-order valence-electron chi connectivity index (χ1n) is 11.2. The van der Waals surface area contributed by atoms with E-state index in [0.717, 1.165) is 5.56 Å². The number of carbonyl (C=O) groups excluding carboxylic acids is 3. The molecule has 1 aliphatic rings. The van der Waals surface area contributed by atoms with Gasteiger partial charge < -0.3 is 20.3 Å². The molecule has 1 saturated heterocycles. The van der Waals surface area contributed by atoms with E-state index in [1.54, 1.807) is 19.2 Å². The van der Waals surface area contributed by atoms with Crippen LogP contribution in [0.25, 0.3) is 0 Å². The van der Waals surface area contributed by atoms with Crippen molar-refractivity contribution in [1.82, 2.24) is 15.5 Å². The van der Waals surface area contributed by atoms with E-state index in [0.29, 0.717) is 63.4 Å². The van der Waals surface area contributed by atoms with Crippen LogP contribution in [0.1, 0.15) is 55.5 Å². The highest BCUT2D eigenvalue weighted by Crippen LogP contribution is 2.23. The molecule has 0 saturated carbocycles. The lowest BCUT2D eigenvalue weighted by Gasteiger charge is -2.36. The molecule has 2 rings (SSSR count). The van der Waals surface area contributed by atoms with E-state index in [4.69, 9.17) is 4.74 Å². The fraction of sp³-hybridized carbons (Fsp3) is 0.625. The van der Waals surface area contributed by atoms with Crippen LogP contribution in [0.2, 0.25) is 0 Å². The molecule has 7 nitrogen and oxygen atoms in total. The van der Waals surface area contributed by atoms with Crippen LogP contribution in [0.3, 0.4) is 0 Å². The van der Waals surface area contributed by atoms with Crippen LogP contribution in [-0.4, -0.2) is 62.0 Å². The quantitative estimate of drug-likeness (QED) is 0.557. The summed E-state index contributed by atoms with van der Waals surface area (Å²) in [6, 6.07) is 6.68. The standard InChI is InChI=1S/C24H37N3O4/c1-17(2)16-21(28)27-13-10-19(11-14-27)22(24(30)25-12-5-15-31-4)26-23(29)20-8-6-18(3)7-9-20/h6-9,17,19,22H,5,10-16H2,1-4H3,(H,25,30)(H,26,29)/t22-/m0/s1. The Morgan fingerprint density at radius 2 is 1.77 bits per heavy atom. The summed E-state index contributed by atoms with van der Waals surface area (Å²) in [5.41, 5.74) is 1.61. The van der Waals surface area contributed by atoms with Crippen molar-refractivity contribution in [3.63, 3.8) is 0 Å². The van der Waals surface area contributed by atoms with Crippen molar-refractivity contribution >= 4 is 17.7 Å². The maximum atomic E-state index is 12.9. The first kappa shape index (κ1) is 24.9. The first-order chi connectivity index (χ1) is 14.8. The fourth-order valence-corrected chi connectivity index (χ4v) is 3.83. The molecule has 172 valence electrons. The molecule has 2 N–H and O–H groups in total. The van der Waals surface area contributed by atoms with Crippen LogP contribution in [0.5, 0.6) is 0 Å². The molecule has 1 aromatic carbocycles. The third-order valence-corrected chi connectivity index (χ3v) is 5.65. The van der Waals surface area contributed by atoms with Crippen LogP contribution in [0.4, 0.5) is 0 Å². The molecule has 0 spiro atoms. The Morgan fingerprint density at radius 1 is 1.13 bits per heavy atom. The lowest BCUT2D eigenvalue weighted by atomic mass is 9.88. The summed E-state index contributed by atoms with van der Waals surface area (Å²) in [6.45, 7) is 8.33. The first-order valence-corrected chi connectivity index (χ1v) is 11.2. The van der Waals surface area contributed by atoms with E-state index in [1.807, 2.05) is 37.8 Å². The van der Waals surface area contributed by atoms with Gasteiger partial charge in [0.1, 0.15) is 6.04 Å². The van der Waals surface area contributed by atoms with Gasteiger partial charge in [-0.25, -0.2) is 0 Å². The van der Waals surface area contributed by atoms with Gasteiger partial charge in [-0.3, -0.25) is 14.4 Å². The molecule has 0 radical (unpaired) electrons. The lowest BCUT2D eigenvalue weighted by molar-refractivity contribution is -0.133. The zero-order chi connectivity index (χ0) is 22.8. The second kappa shape index (κ2) is 12.4. The second-order valence-electron chi connectivity index (χ2n) is 8.77. The van der Waals surface area contributed by atoms with E-state index >= 15 is 0 Å². The molecule has 31 heavy (non-hydrogen) atoms. The molecule has 1 atom stereocenters. The summed E-state index contributed by atoms with van der Waals surface area (Å²) in [4.78, 5) is 40.0. The Morgan fingerprint density at radius 3 is 2.35 bits per heavy atom. The number of benzene rings is 1. The van der Waals surface area contributed by atoms with Crippen molar-refractivity contribution in [1.29, 1.82) is 0 Å². The normalized spacial score (nSPS) is 15.6. The Hall–Kier alpha value is -2.41. The second-order valence-corrected chi connectivity index (χ2v) is 8.77. The molecule has 1 fully saturated rings. The molecule has 7 heteroatoms. The summed E-state index contributed by atoms with van der Waals surface area (Å²) in [5, 5.41) is 5.88. The molecule has 1 aliphatic heterocycles. The van der Waals surface area contributed by atoms with Gasteiger partial charge in [0.2, 0.25) is 11.8 Å². The minimum Gasteiger partial charge on any atom is -0.385 e. The van der Waals surface area contributed by atoms with E-state index in [2.05, 4.69) is 10.6 Å². The van der Waals surface area contributed by atoms with Crippen LogP contribution >= 0.6 is 0 Å². The van der Waals surface area contributed by atoms with Gasteiger partial charge in [-0.05, 0) is 50.2 Å². The largest absolute Gasteiger partial charge is 0.385 e. The minimum atomic E-state index is -0.626. The molecule has 1 heterocycles. The summed E-state index contributed by atoms with van der Waals surface area (Å²) >= 11 is 0. The number of nitrogens with one attached hydrogen (secondary N) is 2. The number of rotatable bonds is 10. The average molecular weight is 432 g/mol. The number of aryl methyl sites for hydroxylation is 1. The Balaban J connectivity index is 2.03. The molecule has 1 aromatic rings. The molecular formula is C24H37N3O4. The SMILES string of the molecule is COCCCNC(=O)[C@@H](NC(=O)c1ccc(C)cc1)C1CCN(C(=O)CC(C)C)CC1. The molecule has 0 aliphatic carbocycles. The van der Waals surface area contributed by atoms with Gasteiger partial charge in [0.25, 0.3) is 5.91 Å². The molecule has 0 aromatic heterocycles. The Labute approximate surface area is 185 Å². The van der Waals surface area contributed by atoms with Gasteiger partial charge in [0.15, 0.2) is 0 Å². The number of likely N-dealkylation sites (tertiary alicyclic amines) is 1. The number of nitrogens with zero attached hydrogens (tertiary/aromatic N) is 1. The Kier molecular flexibility index (Phi) is 9.98. The highest BCUT2D eigenvalue weighted by molar-refractivity contribution is 5.97. The maximum Gasteiger partial charge on any atom is 0.251 e. The van der Waals surface area contributed by atoms with Gasteiger partial charge >= 0.3 is 0 Å². The third-order valence-electron chi connectivity index (χ3n) is 5.65. The van der Waals surface area contributed by atoms with Crippen LogP contribution in [0.15, 0.2) is 24.3 Å². The molecule has 3 amide bonds. The van der Waals surface area contributed by atoms with Crippen LogP contribution < -0.4 is 10.6 Å². The zero-order valence-corrected chi connectivity index (χ0v) is 19.3. The topological polar surface area (TPSA) is 87.7 Å². The average Bonchev–Trinajstić information content (AvgIpc) is 2.75. The monoisotopic (exact) mass is 431 g/mol. The maximum absolute atomic E-state index is 12.9. The number of amides is 3. The van der Waals surface area contributed by atoms with Gasteiger partial charge in [0.05, 0.1) is 0 Å². The molecule has 0 bridgehead atoms. The predicted molar refractivity (Wildman–Crippen MR) is 121 cm³/mol. The smallest absolute Gasteiger partial charge is 0.251 e. The van der Waals surface area contributed by atoms with Crippen molar-refractivity contribution in [3.05, 3.63) is 35.4 Å². The van der Waals surface area contributed by atoms with Crippen molar-refractivity contribution < 1.29 is 19.1 Å². The van der Waals surface area contributed by atoms with E-state index in [9.17, 15) is 14.4 Å². The van der Waals surface area contributed by atoms with Crippen molar-refractivity contribution in [2.75, 3.05) is 33.4 Å². The van der Waals surface area contributed by atoms with Gasteiger partial charge in [-0.1, -0.05) is 31.5 Å². The summed E-state index contributed by atoms with van der Waals surface area (Å²) < 4.78 is 5.04. The summed E-state index contributed by atoms with van der Waals surface area (Å²) in [7, 11) is 1.63. The van der Waals surface area contributed by atoms with E-state index in [-0.39, 0.29) is 23.6 Å². The summed E-state index contributed by atoms with van der Waals surface area (Å²) in [5.74, 6) is 0.0427. The number of carbonyl (C=O) groups is 3.